The molecule has 0 saturated carbocycles. The molecule has 0 heterocycles. The Morgan fingerprint density at radius 1 is 1.29 bits per heavy atom. The topological polar surface area (TPSA) is 40.5 Å². The molecule has 1 unspecified atom stereocenters. The van der Waals surface area contributed by atoms with Crippen LogP contribution in [-0.4, -0.2) is 28.7 Å². The third kappa shape index (κ3) is 4.13. The minimum atomic E-state index is -0.592. The van der Waals surface area contributed by atoms with Crippen molar-refractivity contribution in [1.82, 2.24) is 0 Å². The molecule has 3 heteroatoms. The van der Waals surface area contributed by atoms with Gasteiger partial charge in [-0.25, -0.2) is 0 Å². The molecule has 2 nitrogen and oxygen atoms in total. The highest BCUT2D eigenvalue weighted by atomic mass is 32.2. The first-order valence-corrected chi connectivity index (χ1v) is 5.80. The molecule has 14 heavy (non-hydrogen) atoms. The Morgan fingerprint density at radius 2 is 1.93 bits per heavy atom. The van der Waals surface area contributed by atoms with Gasteiger partial charge >= 0.3 is 0 Å². The number of rotatable bonds is 5. The second kappa shape index (κ2) is 6.06. The van der Waals surface area contributed by atoms with Gasteiger partial charge in [0.15, 0.2) is 0 Å². The normalized spacial score (nSPS) is 12.8. The summed E-state index contributed by atoms with van der Waals surface area (Å²) < 4.78 is 0. The Hall–Kier alpha value is -0.510. The Bertz CT molecular complexity index is 258. The molecule has 0 amide bonds. The molecule has 0 bridgehead atoms. The number of thioether (sulfide) groups is 1. The smallest absolute Gasteiger partial charge is 0.0861 e. The molecule has 1 aromatic rings. The predicted octanol–water partition coefficient (Wildman–Crippen LogP) is 1.58. The molecular formula is C11H16O2S. The van der Waals surface area contributed by atoms with Gasteiger partial charge < -0.3 is 10.2 Å². The second-order valence-electron chi connectivity index (χ2n) is 3.34. The lowest BCUT2D eigenvalue weighted by Crippen LogP contribution is -2.14. The monoisotopic (exact) mass is 212 g/mol. The van der Waals surface area contributed by atoms with Crippen molar-refractivity contribution < 1.29 is 10.2 Å². The Morgan fingerprint density at radius 3 is 2.50 bits per heavy atom. The van der Waals surface area contributed by atoms with Gasteiger partial charge in [0.1, 0.15) is 0 Å². The van der Waals surface area contributed by atoms with Crippen LogP contribution in [0.2, 0.25) is 0 Å². The van der Waals surface area contributed by atoms with Crippen LogP contribution in [0.25, 0.3) is 0 Å². The molecule has 0 radical (unpaired) electrons. The number of aliphatic hydroxyl groups is 2. The fourth-order valence-electron chi connectivity index (χ4n) is 1.05. The molecule has 0 aromatic heterocycles. The zero-order valence-electron chi connectivity index (χ0n) is 8.31. The summed E-state index contributed by atoms with van der Waals surface area (Å²) in [6.07, 6.45) is -0.592. The van der Waals surface area contributed by atoms with Crippen LogP contribution in [0.15, 0.2) is 24.3 Å². The van der Waals surface area contributed by atoms with Crippen molar-refractivity contribution in [2.24, 2.45) is 0 Å². The van der Waals surface area contributed by atoms with E-state index in [1.165, 1.54) is 11.1 Å². The summed E-state index contributed by atoms with van der Waals surface area (Å²) in [4.78, 5) is 0. The fourth-order valence-corrected chi connectivity index (χ4v) is 1.97. The molecule has 78 valence electrons. The minimum Gasteiger partial charge on any atom is -0.394 e. The van der Waals surface area contributed by atoms with E-state index in [4.69, 9.17) is 10.2 Å². The average Bonchev–Trinajstić information content (AvgIpc) is 2.21. The molecule has 0 aliphatic heterocycles. The first kappa shape index (κ1) is 11.6. The van der Waals surface area contributed by atoms with Crippen molar-refractivity contribution in [2.45, 2.75) is 18.8 Å². The van der Waals surface area contributed by atoms with Crippen molar-refractivity contribution >= 4 is 11.8 Å². The van der Waals surface area contributed by atoms with Crippen molar-refractivity contribution in [1.29, 1.82) is 0 Å². The van der Waals surface area contributed by atoms with Crippen molar-refractivity contribution in [2.75, 3.05) is 12.4 Å². The molecule has 1 aromatic carbocycles. The molecule has 0 saturated heterocycles. The van der Waals surface area contributed by atoms with Crippen LogP contribution in [0.3, 0.4) is 0 Å². The summed E-state index contributed by atoms with van der Waals surface area (Å²) >= 11 is 1.63. The highest BCUT2D eigenvalue weighted by molar-refractivity contribution is 7.98. The van der Waals surface area contributed by atoms with E-state index >= 15 is 0 Å². The van der Waals surface area contributed by atoms with Gasteiger partial charge in [0.25, 0.3) is 0 Å². The maximum absolute atomic E-state index is 9.11. The Labute approximate surface area is 89.0 Å². The quantitative estimate of drug-likeness (QED) is 0.778. The number of aryl methyl sites for hydroxylation is 1. The van der Waals surface area contributed by atoms with Gasteiger partial charge in [-0.2, -0.15) is 11.8 Å². The number of hydrogen-bond acceptors (Lipinski definition) is 3. The lowest BCUT2D eigenvalue weighted by Gasteiger charge is -2.06. The van der Waals surface area contributed by atoms with Crippen molar-refractivity contribution in [3.05, 3.63) is 35.4 Å². The first-order valence-electron chi connectivity index (χ1n) is 4.64. The fraction of sp³-hybridized carbons (Fsp3) is 0.455. The van der Waals surface area contributed by atoms with Gasteiger partial charge in [-0.1, -0.05) is 29.8 Å². The SMILES string of the molecule is Cc1ccc(CSCC(O)CO)cc1. The molecule has 1 atom stereocenters. The summed E-state index contributed by atoms with van der Waals surface area (Å²) in [5.41, 5.74) is 2.51. The van der Waals surface area contributed by atoms with Gasteiger partial charge in [-0.15, -0.1) is 0 Å². The van der Waals surface area contributed by atoms with Crippen LogP contribution in [0.4, 0.5) is 0 Å². The summed E-state index contributed by atoms with van der Waals surface area (Å²) in [7, 11) is 0. The Kier molecular flexibility index (Phi) is 5.01. The number of hydrogen-bond donors (Lipinski definition) is 2. The van der Waals surface area contributed by atoms with Gasteiger partial charge in [0.2, 0.25) is 0 Å². The minimum absolute atomic E-state index is 0.152. The van der Waals surface area contributed by atoms with E-state index < -0.39 is 6.10 Å². The standard InChI is InChI=1S/C11H16O2S/c1-9-2-4-10(5-3-9)7-14-8-11(13)6-12/h2-5,11-13H,6-8H2,1H3. The van der Waals surface area contributed by atoms with Crippen LogP contribution in [0.1, 0.15) is 11.1 Å². The van der Waals surface area contributed by atoms with Gasteiger partial charge in [0.05, 0.1) is 12.7 Å². The largest absolute Gasteiger partial charge is 0.394 e. The maximum atomic E-state index is 9.11. The van der Waals surface area contributed by atoms with E-state index in [0.717, 1.165) is 5.75 Å². The van der Waals surface area contributed by atoms with Crippen LogP contribution in [0.5, 0.6) is 0 Å². The van der Waals surface area contributed by atoms with Crippen LogP contribution < -0.4 is 0 Å². The zero-order valence-corrected chi connectivity index (χ0v) is 9.13. The third-order valence-electron chi connectivity index (χ3n) is 1.91. The predicted molar refractivity (Wildman–Crippen MR) is 60.4 cm³/mol. The zero-order chi connectivity index (χ0) is 10.4. The molecule has 2 N–H and O–H groups in total. The maximum Gasteiger partial charge on any atom is 0.0861 e. The van der Waals surface area contributed by atoms with E-state index in [0.29, 0.717) is 5.75 Å². The lowest BCUT2D eigenvalue weighted by atomic mass is 10.2. The first-order chi connectivity index (χ1) is 6.72. The molecule has 0 aliphatic rings. The third-order valence-corrected chi connectivity index (χ3v) is 3.07. The van der Waals surface area contributed by atoms with E-state index in [9.17, 15) is 0 Å². The lowest BCUT2D eigenvalue weighted by molar-refractivity contribution is 0.113. The number of aliphatic hydroxyl groups excluding tert-OH is 2. The molecule has 0 spiro atoms. The molecule has 1 rings (SSSR count). The summed E-state index contributed by atoms with van der Waals surface area (Å²) in [5.74, 6) is 1.47. The van der Waals surface area contributed by atoms with Crippen LogP contribution in [-0.2, 0) is 5.75 Å². The van der Waals surface area contributed by atoms with Gasteiger partial charge in [-0.3, -0.25) is 0 Å². The van der Waals surface area contributed by atoms with E-state index in [2.05, 4.69) is 31.2 Å². The van der Waals surface area contributed by atoms with Crippen molar-refractivity contribution in [3.8, 4) is 0 Å². The molecule has 0 fully saturated rings. The van der Waals surface area contributed by atoms with Crippen molar-refractivity contribution in [3.63, 3.8) is 0 Å². The van der Waals surface area contributed by atoms with Crippen LogP contribution >= 0.6 is 11.8 Å². The molecule has 0 aliphatic carbocycles. The van der Waals surface area contributed by atoms with E-state index in [1.807, 2.05) is 0 Å². The summed E-state index contributed by atoms with van der Waals surface area (Å²) in [6.45, 7) is 1.91. The van der Waals surface area contributed by atoms with E-state index in [-0.39, 0.29) is 6.61 Å². The summed E-state index contributed by atoms with van der Waals surface area (Å²) in [5, 5.41) is 17.7. The van der Waals surface area contributed by atoms with E-state index in [1.54, 1.807) is 11.8 Å². The summed E-state index contributed by atoms with van der Waals surface area (Å²) in [6, 6.07) is 8.35. The number of benzene rings is 1. The second-order valence-corrected chi connectivity index (χ2v) is 4.37. The Balaban J connectivity index is 2.28. The van der Waals surface area contributed by atoms with Gasteiger partial charge in [0, 0.05) is 11.5 Å². The van der Waals surface area contributed by atoms with Crippen LogP contribution in [0, 0.1) is 6.92 Å². The highest BCUT2D eigenvalue weighted by Gasteiger charge is 2.01. The highest BCUT2D eigenvalue weighted by Crippen LogP contribution is 2.13. The molecular weight excluding hydrogens is 196 g/mol. The average molecular weight is 212 g/mol. The van der Waals surface area contributed by atoms with Gasteiger partial charge in [-0.05, 0) is 12.5 Å².